The quantitative estimate of drug-likeness (QED) is 0.523. The zero-order valence-corrected chi connectivity index (χ0v) is 15.2. The normalized spacial score (nSPS) is 15.7. The number of rotatable bonds is 3. The van der Waals surface area contributed by atoms with Gasteiger partial charge in [0, 0.05) is 18.8 Å². The first-order valence-corrected chi connectivity index (χ1v) is 9.50. The molecule has 0 amide bonds. The van der Waals surface area contributed by atoms with Crippen LogP contribution in [0.2, 0.25) is 4.34 Å². The van der Waals surface area contributed by atoms with Crippen LogP contribution in [0.4, 0.5) is 0 Å². The second kappa shape index (κ2) is 6.46. The highest BCUT2D eigenvalue weighted by atomic mass is 35.5. The van der Waals surface area contributed by atoms with Gasteiger partial charge in [0.25, 0.3) is 5.89 Å². The summed E-state index contributed by atoms with van der Waals surface area (Å²) in [6.07, 6.45) is 1.91. The molecule has 1 fully saturated rings. The Hall–Kier alpha value is -2.29. The molecule has 0 radical (unpaired) electrons. The highest BCUT2D eigenvalue weighted by molar-refractivity contribution is 7.19. The Morgan fingerprint density at radius 2 is 2.04 bits per heavy atom. The van der Waals surface area contributed by atoms with Gasteiger partial charge in [0.2, 0.25) is 5.82 Å². The van der Waals surface area contributed by atoms with Crippen molar-refractivity contribution in [2.45, 2.75) is 18.9 Å². The number of hydrogen-bond acceptors (Lipinski definition) is 7. The third kappa shape index (κ3) is 2.80. The lowest BCUT2D eigenvalue weighted by Gasteiger charge is -2.22. The van der Waals surface area contributed by atoms with Gasteiger partial charge in [-0.25, -0.2) is 4.68 Å². The van der Waals surface area contributed by atoms with Crippen LogP contribution in [0.5, 0.6) is 0 Å². The Kier molecular flexibility index (Phi) is 3.96. The van der Waals surface area contributed by atoms with Crippen LogP contribution >= 0.6 is 22.9 Å². The average molecular weight is 388 g/mol. The molecule has 1 saturated heterocycles. The van der Waals surface area contributed by atoms with Crippen LogP contribution < -0.4 is 0 Å². The molecule has 0 atom stereocenters. The molecular formula is C17H14ClN5O2S. The number of aromatic nitrogens is 5. The fourth-order valence-corrected chi connectivity index (χ4v) is 4.12. The molecule has 1 aliphatic heterocycles. The van der Waals surface area contributed by atoms with E-state index in [1.54, 1.807) is 0 Å². The predicted molar refractivity (Wildman–Crippen MR) is 98.2 cm³/mol. The summed E-state index contributed by atoms with van der Waals surface area (Å²) in [6, 6.07) is 9.92. The minimum Gasteiger partial charge on any atom is -0.381 e. The molecule has 1 aromatic carbocycles. The molecule has 0 bridgehead atoms. The third-order valence-electron chi connectivity index (χ3n) is 4.47. The van der Waals surface area contributed by atoms with Gasteiger partial charge >= 0.3 is 0 Å². The van der Waals surface area contributed by atoms with Crippen molar-refractivity contribution in [3.8, 4) is 22.2 Å². The van der Waals surface area contributed by atoms with E-state index < -0.39 is 0 Å². The summed E-state index contributed by atoms with van der Waals surface area (Å²) in [4.78, 5) is 5.34. The van der Waals surface area contributed by atoms with E-state index in [0.29, 0.717) is 22.1 Å². The van der Waals surface area contributed by atoms with Crippen molar-refractivity contribution >= 4 is 34.0 Å². The Labute approximate surface area is 157 Å². The highest BCUT2D eigenvalue weighted by Gasteiger charge is 2.20. The molecule has 1 aliphatic rings. The summed E-state index contributed by atoms with van der Waals surface area (Å²) in [5.74, 6) is 0.981. The molecular weight excluding hydrogens is 374 g/mol. The number of thiophene rings is 1. The molecule has 132 valence electrons. The average Bonchev–Trinajstić information content (AvgIpc) is 3.41. The van der Waals surface area contributed by atoms with E-state index >= 15 is 0 Å². The first-order valence-electron chi connectivity index (χ1n) is 8.30. The Morgan fingerprint density at radius 3 is 2.85 bits per heavy atom. The van der Waals surface area contributed by atoms with Crippen LogP contribution in [0.25, 0.3) is 33.2 Å². The maximum atomic E-state index is 5.97. The van der Waals surface area contributed by atoms with Crippen molar-refractivity contribution in [1.29, 1.82) is 0 Å². The number of fused-ring (bicyclic) bond motifs is 1. The molecule has 4 heterocycles. The van der Waals surface area contributed by atoms with Crippen molar-refractivity contribution in [2.75, 3.05) is 13.2 Å². The first kappa shape index (κ1) is 15.9. The third-order valence-corrected chi connectivity index (χ3v) is 5.70. The standard InChI is InChI=1S/C17H14ClN5O2S/c18-15-4-3-14(26-15)16-19-17(25-21-16)10-1-2-13-12(9-10)20-22-23(13)11-5-7-24-8-6-11/h1-4,9,11H,5-8H2. The maximum Gasteiger partial charge on any atom is 0.258 e. The molecule has 0 N–H and O–H groups in total. The molecule has 4 aromatic rings. The van der Waals surface area contributed by atoms with E-state index in [2.05, 4.69) is 20.5 Å². The monoisotopic (exact) mass is 387 g/mol. The Bertz CT molecular complexity index is 1070. The largest absolute Gasteiger partial charge is 0.381 e. The Balaban J connectivity index is 1.47. The van der Waals surface area contributed by atoms with Gasteiger partial charge < -0.3 is 9.26 Å². The summed E-state index contributed by atoms with van der Waals surface area (Å²) in [5, 5.41) is 12.7. The highest BCUT2D eigenvalue weighted by Crippen LogP contribution is 2.31. The van der Waals surface area contributed by atoms with Crippen LogP contribution in [-0.2, 0) is 4.74 Å². The van der Waals surface area contributed by atoms with E-state index in [1.807, 2.05) is 35.0 Å². The lowest BCUT2D eigenvalue weighted by molar-refractivity contribution is 0.0669. The van der Waals surface area contributed by atoms with Crippen molar-refractivity contribution in [1.82, 2.24) is 25.1 Å². The van der Waals surface area contributed by atoms with Crippen LogP contribution in [-0.4, -0.2) is 38.3 Å². The molecule has 5 rings (SSSR count). The number of hydrogen-bond donors (Lipinski definition) is 0. The van der Waals surface area contributed by atoms with Gasteiger partial charge in [-0.05, 0) is 43.2 Å². The number of nitrogens with zero attached hydrogens (tertiary/aromatic N) is 5. The van der Waals surface area contributed by atoms with Gasteiger partial charge in [-0.15, -0.1) is 16.4 Å². The first-order chi connectivity index (χ1) is 12.8. The molecule has 0 unspecified atom stereocenters. The van der Waals surface area contributed by atoms with Gasteiger partial charge in [0.1, 0.15) is 5.52 Å². The van der Waals surface area contributed by atoms with Crippen LogP contribution in [0.15, 0.2) is 34.9 Å². The lowest BCUT2D eigenvalue weighted by atomic mass is 10.1. The molecule has 0 spiro atoms. The SMILES string of the molecule is Clc1ccc(-c2noc(-c3ccc4c(c3)nnn4C3CCOCC3)n2)s1. The Morgan fingerprint density at radius 1 is 1.15 bits per heavy atom. The summed E-state index contributed by atoms with van der Waals surface area (Å²) in [5.41, 5.74) is 2.64. The second-order valence-electron chi connectivity index (χ2n) is 6.11. The summed E-state index contributed by atoms with van der Waals surface area (Å²) < 4.78 is 13.5. The van der Waals surface area contributed by atoms with Crippen molar-refractivity contribution in [3.63, 3.8) is 0 Å². The fraction of sp³-hybridized carbons (Fsp3) is 0.294. The zero-order valence-electron chi connectivity index (χ0n) is 13.6. The van der Waals surface area contributed by atoms with E-state index in [0.717, 1.165) is 47.5 Å². The van der Waals surface area contributed by atoms with Crippen LogP contribution in [0.1, 0.15) is 18.9 Å². The molecule has 26 heavy (non-hydrogen) atoms. The summed E-state index contributed by atoms with van der Waals surface area (Å²) in [7, 11) is 0. The van der Waals surface area contributed by atoms with E-state index in [1.165, 1.54) is 11.3 Å². The fourth-order valence-electron chi connectivity index (χ4n) is 3.15. The van der Waals surface area contributed by atoms with Gasteiger partial charge in [0.15, 0.2) is 0 Å². The van der Waals surface area contributed by atoms with Gasteiger partial charge in [-0.3, -0.25) is 0 Å². The number of benzene rings is 1. The van der Waals surface area contributed by atoms with Gasteiger partial charge in [-0.1, -0.05) is 22.0 Å². The zero-order chi connectivity index (χ0) is 17.5. The molecule has 7 nitrogen and oxygen atoms in total. The van der Waals surface area contributed by atoms with Crippen LogP contribution in [0, 0.1) is 0 Å². The second-order valence-corrected chi connectivity index (χ2v) is 7.82. The molecule has 0 saturated carbocycles. The van der Waals surface area contributed by atoms with Crippen molar-refractivity contribution in [2.24, 2.45) is 0 Å². The van der Waals surface area contributed by atoms with E-state index in [4.69, 9.17) is 20.9 Å². The minimum absolute atomic E-state index is 0.332. The van der Waals surface area contributed by atoms with Crippen LogP contribution in [0.3, 0.4) is 0 Å². The van der Waals surface area contributed by atoms with Gasteiger partial charge in [-0.2, -0.15) is 4.98 Å². The number of halogens is 1. The van der Waals surface area contributed by atoms with Crippen molar-refractivity contribution in [3.05, 3.63) is 34.7 Å². The summed E-state index contributed by atoms with van der Waals surface area (Å²) >= 11 is 7.39. The van der Waals surface area contributed by atoms with E-state index in [-0.39, 0.29) is 0 Å². The molecule has 0 aliphatic carbocycles. The molecule has 9 heteroatoms. The smallest absolute Gasteiger partial charge is 0.258 e. The molecule has 3 aromatic heterocycles. The summed E-state index contributed by atoms with van der Waals surface area (Å²) in [6.45, 7) is 1.53. The minimum atomic E-state index is 0.332. The lowest BCUT2D eigenvalue weighted by Crippen LogP contribution is -2.20. The maximum absolute atomic E-state index is 5.97. The topological polar surface area (TPSA) is 78.9 Å². The van der Waals surface area contributed by atoms with E-state index in [9.17, 15) is 0 Å². The van der Waals surface area contributed by atoms with Gasteiger partial charge in [0.05, 0.1) is 20.8 Å². The van der Waals surface area contributed by atoms with Crippen molar-refractivity contribution < 1.29 is 9.26 Å². The predicted octanol–water partition coefficient (Wildman–Crippen LogP) is 4.21. The number of ether oxygens (including phenoxy) is 1.